The smallest absolute Gasteiger partial charge is 1.00 e. The predicted molar refractivity (Wildman–Crippen MR) is 115 cm³/mol. The number of fused-ring (bicyclic) bond motifs is 4. The average Bonchev–Trinajstić information content (AvgIpc) is 3.45. The zero-order chi connectivity index (χ0) is 17.3. The maximum absolute atomic E-state index is 2.99. The molecule has 4 aromatic rings. The van der Waals surface area contributed by atoms with Gasteiger partial charge in [0.05, 0.1) is 0 Å². The average molecular weight is 602 g/mol. The van der Waals surface area contributed by atoms with Gasteiger partial charge in [0, 0.05) is 5.12 Å². The molecule has 0 N–H and O–H groups in total. The first-order chi connectivity index (χ1) is 12.9. The number of benzene rings is 2. The molecule has 2 aliphatic carbocycles. The van der Waals surface area contributed by atoms with Crippen LogP contribution in [0.4, 0.5) is 0 Å². The first kappa shape index (κ1) is 24.3. The van der Waals surface area contributed by atoms with Crippen molar-refractivity contribution in [3.05, 3.63) is 95.8 Å². The van der Waals surface area contributed by atoms with Crippen molar-refractivity contribution in [2.75, 3.05) is 0 Å². The normalized spacial score (nSPS) is 13.9. The Kier molecular flexibility index (Phi) is 9.11. The van der Waals surface area contributed by atoms with Crippen LogP contribution in [0.15, 0.2) is 78.9 Å². The molecule has 29 heavy (non-hydrogen) atoms. The Bertz CT molecular complexity index is 1110. The van der Waals surface area contributed by atoms with Crippen LogP contribution < -0.4 is 24.8 Å². The topological polar surface area (TPSA) is 0 Å². The molecule has 6 rings (SSSR count). The molecule has 0 saturated carbocycles. The molecule has 1 unspecified atom stereocenters. The van der Waals surface area contributed by atoms with Gasteiger partial charge in [-0.15, -0.1) is 49.0 Å². The number of rotatable bonds is 1. The Hall–Kier alpha value is -0.980. The van der Waals surface area contributed by atoms with E-state index >= 15 is 0 Å². The first-order valence-electron chi connectivity index (χ1n) is 9.40. The van der Waals surface area contributed by atoms with E-state index in [1.54, 1.807) is 26.7 Å². The number of allylic oxidation sites excluding steroid dienone is 4. The Labute approximate surface area is 205 Å². The molecule has 1 aromatic heterocycles. The second-order valence-corrected chi connectivity index (χ2v) is 9.19. The van der Waals surface area contributed by atoms with E-state index in [0.29, 0.717) is 0 Å². The summed E-state index contributed by atoms with van der Waals surface area (Å²) in [7, 11) is -0.264. The number of aryl methyl sites for hydroxylation is 1. The Morgan fingerprint density at radius 3 is 2.45 bits per heavy atom. The zero-order valence-corrected chi connectivity index (χ0v) is 22.0. The molecule has 0 radical (unpaired) electrons. The van der Waals surface area contributed by atoms with Gasteiger partial charge < -0.3 is 24.8 Å². The molecule has 0 nitrogen and oxygen atoms in total. The number of halogens is 2. The van der Waals surface area contributed by atoms with Gasteiger partial charge in [0.1, 0.15) is 0 Å². The zero-order valence-electron chi connectivity index (χ0n) is 16.0. The molecule has 1 heterocycles. The van der Waals surface area contributed by atoms with Gasteiger partial charge in [0.2, 0.25) is 0 Å². The molecule has 3 aromatic carbocycles. The maximum Gasteiger partial charge on any atom is 4.00 e. The van der Waals surface area contributed by atoms with Gasteiger partial charge in [0.25, 0.3) is 0 Å². The molecule has 0 bridgehead atoms. The molecular formula is C25H21Cl2HfP. The summed E-state index contributed by atoms with van der Waals surface area (Å²) in [5.41, 5.74) is 1.67. The van der Waals surface area contributed by atoms with Crippen molar-refractivity contribution in [2.24, 2.45) is 0 Å². The maximum atomic E-state index is 2.99. The van der Waals surface area contributed by atoms with E-state index in [-0.39, 0.29) is 58.2 Å². The van der Waals surface area contributed by atoms with Gasteiger partial charge in [-0.05, 0) is 35.5 Å². The standard InChI is InChI=1S/C20H16P.C5H5.2ClH.Hf/c1-2-7-15-13-16(12-14(15)6-1)21-19-10-4-3-8-17(19)18-9-5-11-20(18)21;1-2-4-5-3-1;;;/h1-4,6-8,10,12-13H,5,9,11H2;1-3H,4H2;2*1H;/q2*-1;;;+4/p-2. The van der Waals surface area contributed by atoms with Crippen LogP contribution in [0, 0.1) is 6.08 Å². The number of hydrogen-bond acceptors (Lipinski definition) is 0. The van der Waals surface area contributed by atoms with Crippen LogP contribution in [0.1, 0.15) is 23.7 Å². The fraction of sp³-hybridized carbons (Fsp3) is 0.160. The van der Waals surface area contributed by atoms with Gasteiger partial charge in [-0.25, -0.2) is 12.2 Å². The summed E-state index contributed by atoms with van der Waals surface area (Å²) in [5, 5.41) is 9.21. The van der Waals surface area contributed by atoms with Crippen LogP contribution in [-0.2, 0) is 38.7 Å². The Balaban J connectivity index is 0.000000333. The van der Waals surface area contributed by atoms with Crippen molar-refractivity contribution < 1.29 is 50.7 Å². The monoisotopic (exact) mass is 602 g/mol. The summed E-state index contributed by atoms with van der Waals surface area (Å²) in [5.74, 6) is 0. The predicted octanol–water partition coefficient (Wildman–Crippen LogP) is 1.49. The fourth-order valence-corrected chi connectivity index (χ4v) is 7.22. The van der Waals surface area contributed by atoms with Crippen molar-refractivity contribution in [3.8, 4) is 5.30 Å². The molecule has 144 valence electrons. The molecule has 0 spiro atoms. The molecule has 2 aliphatic rings. The fourth-order valence-electron chi connectivity index (χ4n) is 4.23. The van der Waals surface area contributed by atoms with Crippen molar-refractivity contribution in [2.45, 2.75) is 25.7 Å². The van der Waals surface area contributed by atoms with E-state index in [1.165, 1.54) is 30.0 Å². The summed E-state index contributed by atoms with van der Waals surface area (Å²) in [6, 6.07) is 22.7. The minimum atomic E-state index is -0.264. The van der Waals surface area contributed by atoms with Gasteiger partial charge >= 0.3 is 25.8 Å². The third-order valence-electron chi connectivity index (χ3n) is 5.38. The summed E-state index contributed by atoms with van der Waals surface area (Å²) in [4.78, 5) is 0. The summed E-state index contributed by atoms with van der Waals surface area (Å²) < 4.78 is 0. The molecular weight excluding hydrogens is 581 g/mol. The number of hydrogen-bond donors (Lipinski definition) is 0. The minimum Gasteiger partial charge on any atom is -1.00 e. The van der Waals surface area contributed by atoms with E-state index in [1.807, 2.05) is 12.2 Å². The van der Waals surface area contributed by atoms with Crippen LogP contribution in [0.3, 0.4) is 0 Å². The van der Waals surface area contributed by atoms with E-state index in [4.69, 9.17) is 0 Å². The third-order valence-corrected chi connectivity index (χ3v) is 8.06. The van der Waals surface area contributed by atoms with Crippen LogP contribution in [0.2, 0.25) is 0 Å². The Morgan fingerprint density at radius 2 is 1.72 bits per heavy atom. The summed E-state index contributed by atoms with van der Waals surface area (Å²) in [6.45, 7) is 0. The van der Waals surface area contributed by atoms with E-state index in [0.717, 1.165) is 6.42 Å². The van der Waals surface area contributed by atoms with Gasteiger partial charge in [-0.1, -0.05) is 35.6 Å². The summed E-state index contributed by atoms with van der Waals surface area (Å²) in [6.07, 6.45) is 13.9. The molecule has 4 heteroatoms. The summed E-state index contributed by atoms with van der Waals surface area (Å²) >= 11 is 0. The van der Waals surface area contributed by atoms with Crippen molar-refractivity contribution in [3.63, 3.8) is 0 Å². The van der Waals surface area contributed by atoms with E-state index in [2.05, 4.69) is 72.8 Å². The van der Waals surface area contributed by atoms with Gasteiger partial charge in [-0.3, -0.25) is 6.08 Å². The minimum absolute atomic E-state index is 0. The van der Waals surface area contributed by atoms with E-state index < -0.39 is 0 Å². The molecule has 0 saturated heterocycles. The molecule has 0 fully saturated rings. The molecule has 0 amide bonds. The largest absolute Gasteiger partial charge is 4.00 e. The SMILES string of the molecule is [C-]1=CC=CC1.[Cl-].[Cl-].[Hf+4].c1ccc2[cH-]c(-p3c4c(c5ccccc53)CCC4)cc2c1. The van der Waals surface area contributed by atoms with E-state index in [9.17, 15) is 0 Å². The van der Waals surface area contributed by atoms with Crippen molar-refractivity contribution in [1.29, 1.82) is 0 Å². The van der Waals surface area contributed by atoms with Crippen LogP contribution in [-0.4, -0.2) is 0 Å². The second-order valence-electron chi connectivity index (χ2n) is 6.98. The van der Waals surface area contributed by atoms with Gasteiger partial charge in [0.15, 0.2) is 0 Å². The third kappa shape index (κ3) is 4.70. The second kappa shape index (κ2) is 10.9. The van der Waals surface area contributed by atoms with Crippen molar-refractivity contribution >= 4 is 28.8 Å². The molecule has 1 atom stereocenters. The first-order valence-corrected chi connectivity index (χ1v) is 10.7. The van der Waals surface area contributed by atoms with Crippen molar-refractivity contribution in [1.82, 2.24) is 0 Å². The van der Waals surface area contributed by atoms with Crippen LogP contribution >= 0.6 is 7.53 Å². The Morgan fingerprint density at radius 1 is 0.931 bits per heavy atom. The quantitative estimate of drug-likeness (QED) is 0.229. The molecule has 0 aliphatic heterocycles. The van der Waals surface area contributed by atoms with Crippen LogP contribution in [0.5, 0.6) is 0 Å². The van der Waals surface area contributed by atoms with Gasteiger partial charge in [-0.2, -0.15) is 12.1 Å². The van der Waals surface area contributed by atoms with Crippen LogP contribution in [0.25, 0.3) is 26.6 Å².